The number of halogens is 3. The summed E-state index contributed by atoms with van der Waals surface area (Å²) in [6.45, 7) is 0.718. The third-order valence-corrected chi connectivity index (χ3v) is 4.02. The number of carbonyl (C=O) groups excluding carboxylic acids is 1. The van der Waals surface area contributed by atoms with E-state index < -0.39 is 17.5 Å². The molecule has 1 saturated carbocycles. The molecule has 1 aliphatic carbocycles. The van der Waals surface area contributed by atoms with Crippen molar-refractivity contribution in [2.45, 2.75) is 31.4 Å². The third kappa shape index (κ3) is 2.40. The van der Waals surface area contributed by atoms with Gasteiger partial charge in [-0.2, -0.15) is 0 Å². The minimum atomic E-state index is -1.51. The van der Waals surface area contributed by atoms with Crippen LogP contribution in [0.2, 0.25) is 0 Å². The lowest BCUT2D eigenvalue weighted by atomic mass is 9.76. The molecule has 1 saturated heterocycles. The first-order valence-electron chi connectivity index (χ1n) is 6.59. The van der Waals surface area contributed by atoms with Crippen LogP contribution in [0.3, 0.4) is 0 Å². The lowest BCUT2D eigenvalue weighted by Crippen LogP contribution is -2.53. The fourth-order valence-electron chi connectivity index (χ4n) is 2.92. The molecule has 0 spiro atoms. The van der Waals surface area contributed by atoms with E-state index >= 15 is 0 Å². The van der Waals surface area contributed by atoms with Gasteiger partial charge in [0.2, 0.25) is 5.91 Å². The van der Waals surface area contributed by atoms with Gasteiger partial charge < -0.3 is 10.1 Å². The van der Waals surface area contributed by atoms with Gasteiger partial charge in [0, 0.05) is 18.6 Å². The second-order valence-corrected chi connectivity index (χ2v) is 5.32. The van der Waals surface area contributed by atoms with Crippen molar-refractivity contribution in [3.05, 3.63) is 35.1 Å². The molecule has 3 nitrogen and oxygen atoms in total. The first kappa shape index (κ1) is 13.4. The third-order valence-electron chi connectivity index (χ3n) is 4.02. The molecule has 0 radical (unpaired) electrons. The van der Waals surface area contributed by atoms with E-state index in [1.807, 2.05) is 0 Å². The number of benzene rings is 1. The van der Waals surface area contributed by atoms with E-state index in [1.54, 1.807) is 0 Å². The summed E-state index contributed by atoms with van der Waals surface area (Å²) in [7, 11) is 0. The van der Waals surface area contributed by atoms with Crippen LogP contribution in [0.15, 0.2) is 12.1 Å². The molecular formula is C14H14F3NO2. The monoisotopic (exact) mass is 285 g/mol. The maximum Gasteiger partial charge on any atom is 0.224 e. The van der Waals surface area contributed by atoms with E-state index in [-0.39, 0.29) is 30.0 Å². The molecule has 0 aromatic heterocycles. The van der Waals surface area contributed by atoms with Crippen LogP contribution in [0.5, 0.6) is 0 Å². The Hall–Kier alpha value is -1.56. The Balaban J connectivity index is 1.59. The number of fused-ring (bicyclic) bond motifs is 1. The molecule has 1 heterocycles. The first-order valence-corrected chi connectivity index (χ1v) is 6.59. The summed E-state index contributed by atoms with van der Waals surface area (Å²) in [5, 5.41) is 2.83. The molecule has 20 heavy (non-hydrogen) atoms. The molecule has 1 aliphatic heterocycles. The topological polar surface area (TPSA) is 38.3 Å². The Bertz CT molecular complexity index is 526. The molecule has 1 N–H and O–H groups in total. The van der Waals surface area contributed by atoms with Crippen molar-refractivity contribution in [3.63, 3.8) is 0 Å². The molecule has 1 aromatic carbocycles. The van der Waals surface area contributed by atoms with E-state index in [0.29, 0.717) is 5.92 Å². The number of rotatable bonds is 3. The Morgan fingerprint density at radius 3 is 2.65 bits per heavy atom. The average molecular weight is 285 g/mol. The van der Waals surface area contributed by atoms with E-state index in [1.165, 1.54) is 0 Å². The fourth-order valence-corrected chi connectivity index (χ4v) is 2.92. The SMILES string of the molecule is O=C(Cc1cc(F)c(F)c(F)c1)N[C@@H]1C[C@H]2OCC[C@@H]12. The van der Waals surface area contributed by atoms with Crippen molar-refractivity contribution >= 4 is 5.91 Å². The molecular weight excluding hydrogens is 271 g/mol. The van der Waals surface area contributed by atoms with Crippen LogP contribution in [0, 0.1) is 23.4 Å². The van der Waals surface area contributed by atoms with Crippen LogP contribution >= 0.6 is 0 Å². The zero-order valence-corrected chi connectivity index (χ0v) is 10.7. The summed E-state index contributed by atoms with van der Waals surface area (Å²) in [6, 6.07) is 1.77. The van der Waals surface area contributed by atoms with Crippen molar-refractivity contribution < 1.29 is 22.7 Å². The summed E-state index contributed by atoms with van der Waals surface area (Å²) in [6.07, 6.45) is 1.78. The molecule has 2 fully saturated rings. The lowest BCUT2D eigenvalue weighted by Gasteiger charge is -2.39. The van der Waals surface area contributed by atoms with Gasteiger partial charge in [0.1, 0.15) is 0 Å². The van der Waals surface area contributed by atoms with Crippen LogP contribution in [0.1, 0.15) is 18.4 Å². The standard InChI is InChI=1S/C14H14F3NO2/c15-9-3-7(4-10(16)14(9)17)5-13(19)18-11-6-12-8(11)1-2-20-12/h3-4,8,11-12H,1-2,5-6H2,(H,18,19)/t8-,11+,12+/m0/s1. The number of hydrogen-bond acceptors (Lipinski definition) is 2. The molecule has 0 unspecified atom stereocenters. The van der Waals surface area contributed by atoms with Gasteiger partial charge in [0.05, 0.1) is 12.5 Å². The second-order valence-electron chi connectivity index (χ2n) is 5.32. The van der Waals surface area contributed by atoms with Gasteiger partial charge in [-0.15, -0.1) is 0 Å². The molecule has 0 bridgehead atoms. The fraction of sp³-hybridized carbons (Fsp3) is 0.500. The predicted octanol–water partition coefficient (Wildman–Crippen LogP) is 1.94. The number of nitrogens with one attached hydrogen (secondary N) is 1. The molecule has 3 rings (SSSR count). The van der Waals surface area contributed by atoms with Crippen molar-refractivity contribution in [3.8, 4) is 0 Å². The van der Waals surface area contributed by atoms with Gasteiger partial charge in [-0.3, -0.25) is 4.79 Å². The highest BCUT2D eigenvalue weighted by atomic mass is 19.2. The zero-order valence-electron chi connectivity index (χ0n) is 10.7. The van der Waals surface area contributed by atoms with Crippen LogP contribution < -0.4 is 5.32 Å². The zero-order chi connectivity index (χ0) is 14.3. The smallest absolute Gasteiger partial charge is 0.224 e. The number of ether oxygens (including phenoxy) is 1. The van der Waals surface area contributed by atoms with Gasteiger partial charge in [-0.05, 0) is 30.5 Å². The highest BCUT2D eigenvalue weighted by Crippen LogP contribution is 2.38. The average Bonchev–Trinajstić information content (AvgIpc) is 2.74. The van der Waals surface area contributed by atoms with Gasteiger partial charge in [-0.25, -0.2) is 13.2 Å². The van der Waals surface area contributed by atoms with E-state index in [9.17, 15) is 18.0 Å². The van der Waals surface area contributed by atoms with E-state index in [4.69, 9.17) is 4.74 Å². The molecule has 2 aliphatic rings. The Kier molecular flexibility index (Phi) is 3.41. The highest BCUT2D eigenvalue weighted by Gasteiger charge is 2.45. The molecule has 3 atom stereocenters. The quantitative estimate of drug-likeness (QED) is 0.862. The van der Waals surface area contributed by atoms with E-state index in [2.05, 4.69) is 5.32 Å². The summed E-state index contributed by atoms with van der Waals surface area (Å²) in [5.74, 6) is -4.04. The van der Waals surface area contributed by atoms with Gasteiger partial charge >= 0.3 is 0 Å². The van der Waals surface area contributed by atoms with Gasteiger partial charge in [-0.1, -0.05) is 0 Å². The maximum atomic E-state index is 13.0. The summed E-state index contributed by atoms with van der Waals surface area (Å²) >= 11 is 0. The van der Waals surface area contributed by atoms with Crippen LogP contribution in [-0.4, -0.2) is 24.7 Å². The van der Waals surface area contributed by atoms with E-state index in [0.717, 1.165) is 31.6 Å². The minimum absolute atomic E-state index is 0.0742. The van der Waals surface area contributed by atoms with Crippen molar-refractivity contribution in [1.82, 2.24) is 5.32 Å². The van der Waals surface area contributed by atoms with Crippen molar-refractivity contribution in [2.75, 3.05) is 6.61 Å². The largest absolute Gasteiger partial charge is 0.378 e. The highest BCUT2D eigenvalue weighted by molar-refractivity contribution is 5.79. The summed E-state index contributed by atoms with van der Waals surface area (Å²) in [5.41, 5.74) is 0.123. The first-order chi connectivity index (χ1) is 9.54. The lowest BCUT2D eigenvalue weighted by molar-refractivity contribution is -0.123. The number of hydrogen-bond donors (Lipinski definition) is 1. The Morgan fingerprint density at radius 1 is 1.30 bits per heavy atom. The number of carbonyl (C=O) groups is 1. The van der Waals surface area contributed by atoms with Gasteiger partial charge in [0.15, 0.2) is 17.5 Å². The van der Waals surface area contributed by atoms with Crippen LogP contribution in [0.4, 0.5) is 13.2 Å². The van der Waals surface area contributed by atoms with Crippen LogP contribution in [0.25, 0.3) is 0 Å². The molecule has 1 aromatic rings. The molecule has 1 amide bonds. The molecule has 6 heteroatoms. The normalized spacial score (nSPS) is 27.9. The maximum absolute atomic E-state index is 13.0. The number of amides is 1. The molecule has 108 valence electrons. The summed E-state index contributed by atoms with van der Waals surface area (Å²) in [4.78, 5) is 11.8. The minimum Gasteiger partial charge on any atom is -0.378 e. The van der Waals surface area contributed by atoms with Crippen molar-refractivity contribution in [2.24, 2.45) is 5.92 Å². The van der Waals surface area contributed by atoms with Gasteiger partial charge in [0.25, 0.3) is 0 Å². The Labute approximate surface area is 114 Å². The Morgan fingerprint density at radius 2 is 2.00 bits per heavy atom. The van der Waals surface area contributed by atoms with Crippen LogP contribution in [-0.2, 0) is 16.0 Å². The van der Waals surface area contributed by atoms with Crippen molar-refractivity contribution in [1.29, 1.82) is 0 Å². The predicted molar refractivity (Wildman–Crippen MR) is 64.4 cm³/mol. The summed E-state index contributed by atoms with van der Waals surface area (Å²) < 4.78 is 44.3. The second kappa shape index (κ2) is 5.09.